The molecule has 5 N–H and O–H groups in total. The summed E-state index contributed by atoms with van der Waals surface area (Å²) in [7, 11) is 0. The molecule has 0 aliphatic heterocycles. The number of rotatable bonds is 6. The van der Waals surface area contributed by atoms with Crippen LogP contribution in [0.2, 0.25) is 0 Å². The largest absolute Gasteiger partial charge is 0.396 e. The van der Waals surface area contributed by atoms with Crippen molar-refractivity contribution in [3.8, 4) is 0 Å². The van der Waals surface area contributed by atoms with Crippen LogP contribution in [0.25, 0.3) is 0 Å². The van der Waals surface area contributed by atoms with Gasteiger partial charge in [0, 0.05) is 13.2 Å². The van der Waals surface area contributed by atoms with E-state index in [1.807, 2.05) is 0 Å². The Morgan fingerprint density at radius 1 is 1.62 bits per heavy atom. The summed E-state index contributed by atoms with van der Waals surface area (Å²) in [5, 5.41) is 21.9. The van der Waals surface area contributed by atoms with Crippen LogP contribution in [-0.4, -0.2) is 33.1 Å². The lowest BCUT2D eigenvalue weighted by atomic mass is 10.4. The third-order valence-corrected chi connectivity index (χ3v) is 1.72. The van der Waals surface area contributed by atoms with E-state index in [1.165, 1.54) is 0 Å². The molecular formula is C7H12N6O3. The first-order valence-electron chi connectivity index (χ1n) is 4.51. The van der Waals surface area contributed by atoms with Crippen molar-refractivity contribution >= 4 is 17.5 Å². The molecule has 0 amide bonds. The molecule has 1 rings (SSSR count). The summed E-state index contributed by atoms with van der Waals surface area (Å²) in [4.78, 5) is 17.5. The molecule has 9 heteroatoms. The van der Waals surface area contributed by atoms with Gasteiger partial charge in [-0.25, -0.2) is 10.8 Å². The zero-order valence-corrected chi connectivity index (χ0v) is 8.38. The monoisotopic (exact) mass is 228 g/mol. The summed E-state index contributed by atoms with van der Waals surface area (Å²) in [5.41, 5.74) is 1.95. The highest BCUT2D eigenvalue weighted by Crippen LogP contribution is 2.21. The quantitative estimate of drug-likeness (QED) is 0.220. The second kappa shape index (κ2) is 5.78. The molecule has 0 bridgehead atoms. The van der Waals surface area contributed by atoms with Crippen molar-refractivity contribution in [2.75, 3.05) is 23.9 Å². The van der Waals surface area contributed by atoms with Crippen molar-refractivity contribution in [3.63, 3.8) is 0 Å². The second-order valence-corrected chi connectivity index (χ2v) is 2.83. The number of nitrogens with one attached hydrogen (secondary N) is 2. The number of hydrogen-bond acceptors (Lipinski definition) is 8. The lowest BCUT2D eigenvalue weighted by Gasteiger charge is -2.06. The molecule has 1 aromatic heterocycles. The van der Waals surface area contributed by atoms with Crippen LogP contribution in [-0.2, 0) is 0 Å². The second-order valence-electron chi connectivity index (χ2n) is 2.83. The zero-order valence-electron chi connectivity index (χ0n) is 8.38. The Balaban J connectivity index is 2.87. The Bertz CT molecular complexity index is 371. The summed E-state index contributed by atoms with van der Waals surface area (Å²) in [6.07, 6.45) is 1.52. The Hall–Kier alpha value is -2.00. The standard InChI is InChI=1S/C7H12N6O3/c8-12-7-10-4-5(13(15)16)6(11-7)9-2-1-3-14/h4,14H,1-3,8H2,(H2,9,10,11,12). The lowest BCUT2D eigenvalue weighted by Crippen LogP contribution is -2.14. The van der Waals surface area contributed by atoms with Gasteiger partial charge in [0.05, 0.1) is 4.92 Å². The predicted octanol–water partition coefficient (Wildman–Crippen LogP) is -0.535. The van der Waals surface area contributed by atoms with Crippen LogP contribution >= 0.6 is 0 Å². The van der Waals surface area contributed by atoms with Gasteiger partial charge in [0.2, 0.25) is 11.8 Å². The van der Waals surface area contributed by atoms with Crippen LogP contribution in [0.3, 0.4) is 0 Å². The van der Waals surface area contributed by atoms with Gasteiger partial charge in [0.15, 0.2) is 0 Å². The lowest BCUT2D eigenvalue weighted by molar-refractivity contribution is -0.384. The van der Waals surface area contributed by atoms with Crippen molar-refractivity contribution in [3.05, 3.63) is 16.3 Å². The minimum Gasteiger partial charge on any atom is -0.396 e. The molecule has 0 aliphatic carbocycles. The molecule has 0 radical (unpaired) electrons. The molecule has 0 spiro atoms. The average Bonchev–Trinajstić information content (AvgIpc) is 2.29. The van der Waals surface area contributed by atoms with Crippen LogP contribution < -0.4 is 16.6 Å². The van der Waals surface area contributed by atoms with E-state index in [0.29, 0.717) is 13.0 Å². The molecule has 0 aliphatic rings. The number of aliphatic hydroxyl groups is 1. The number of aromatic nitrogens is 2. The van der Waals surface area contributed by atoms with Crippen LogP contribution in [0.15, 0.2) is 6.20 Å². The maximum Gasteiger partial charge on any atom is 0.329 e. The first-order valence-corrected chi connectivity index (χ1v) is 4.51. The Kier molecular flexibility index (Phi) is 4.36. The highest BCUT2D eigenvalue weighted by atomic mass is 16.6. The molecule has 0 atom stereocenters. The Labute approximate surface area is 90.8 Å². The van der Waals surface area contributed by atoms with Crippen molar-refractivity contribution in [1.82, 2.24) is 9.97 Å². The van der Waals surface area contributed by atoms with Crippen molar-refractivity contribution in [1.29, 1.82) is 0 Å². The molecule has 0 fully saturated rings. The van der Waals surface area contributed by atoms with Gasteiger partial charge in [-0.3, -0.25) is 15.5 Å². The third-order valence-electron chi connectivity index (χ3n) is 1.72. The van der Waals surface area contributed by atoms with Crippen molar-refractivity contribution in [2.24, 2.45) is 5.84 Å². The van der Waals surface area contributed by atoms with Crippen LogP contribution in [0, 0.1) is 10.1 Å². The number of hydrogen-bond donors (Lipinski definition) is 4. The molecule has 0 unspecified atom stereocenters. The Morgan fingerprint density at radius 3 is 2.94 bits per heavy atom. The van der Waals surface area contributed by atoms with Gasteiger partial charge in [-0.1, -0.05) is 0 Å². The summed E-state index contributed by atoms with van der Waals surface area (Å²) in [5.74, 6) is 5.24. The van der Waals surface area contributed by atoms with Crippen molar-refractivity contribution < 1.29 is 10.0 Å². The summed E-state index contributed by atoms with van der Waals surface area (Å²) >= 11 is 0. The minimum atomic E-state index is -0.596. The minimum absolute atomic E-state index is 0.00607. The first-order chi connectivity index (χ1) is 7.69. The normalized spacial score (nSPS) is 9.88. The van der Waals surface area contributed by atoms with E-state index in [2.05, 4.69) is 20.7 Å². The number of anilines is 2. The fourth-order valence-corrected chi connectivity index (χ4v) is 0.995. The molecular weight excluding hydrogens is 216 g/mol. The number of aliphatic hydroxyl groups excluding tert-OH is 1. The summed E-state index contributed by atoms with van der Waals surface area (Å²) in [6.45, 7) is 0.367. The average molecular weight is 228 g/mol. The molecule has 88 valence electrons. The van der Waals surface area contributed by atoms with Gasteiger partial charge in [-0.2, -0.15) is 4.98 Å². The van der Waals surface area contributed by atoms with E-state index in [4.69, 9.17) is 10.9 Å². The Morgan fingerprint density at radius 2 is 2.38 bits per heavy atom. The van der Waals surface area contributed by atoms with E-state index in [9.17, 15) is 10.1 Å². The number of nitrogens with zero attached hydrogens (tertiary/aromatic N) is 3. The van der Waals surface area contributed by atoms with E-state index in [-0.39, 0.29) is 24.1 Å². The topological polar surface area (TPSA) is 139 Å². The SMILES string of the molecule is NNc1ncc([N+](=O)[O-])c(NCCCO)n1. The highest BCUT2D eigenvalue weighted by Gasteiger charge is 2.16. The maximum absolute atomic E-state index is 10.6. The van der Waals surface area contributed by atoms with E-state index in [1.54, 1.807) is 0 Å². The van der Waals surface area contributed by atoms with Crippen LogP contribution in [0.1, 0.15) is 6.42 Å². The number of nitrogen functional groups attached to an aromatic ring is 1. The van der Waals surface area contributed by atoms with E-state index < -0.39 is 4.92 Å². The van der Waals surface area contributed by atoms with Gasteiger partial charge in [0.25, 0.3) is 0 Å². The maximum atomic E-state index is 10.6. The van der Waals surface area contributed by atoms with Gasteiger partial charge >= 0.3 is 5.69 Å². The highest BCUT2D eigenvalue weighted by molar-refractivity contribution is 5.56. The van der Waals surface area contributed by atoms with Crippen LogP contribution in [0.4, 0.5) is 17.5 Å². The number of nitrogens with two attached hydrogens (primary N) is 1. The first kappa shape index (κ1) is 12.1. The van der Waals surface area contributed by atoms with E-state index in [0.717, 1.165) is 6.20 Å². The van der Waals surface area contributed by atoms with Gasteiger partial charge in [0.1, 0.15) is 6.20 Å². The van der Waals surface area contributed by atoms with E-state index >= 15 is 0 Å². The summed E-state index contributed by atoms with van der Waals surface area (Å²) < 4.78 is 0. The van der Waals surface area contributed by atoms with Gasteiger partial charge in [-0.05, 0) is 6.42 Å². The molecule has 1 heterocycles. The number of hydrazine groups is 1. The van der Waals surface area contributed by atoms with Gasteiger partial charge in [-0.15, -0.1) is 0 Å². The smallest absolute Gasteiger partial charge is 0.329 e. The van der Waals surface area contributed by atoms with Gasteiger partial charge < -0.3 is 10.4 Å². The van der Waals surface area contributed by atoms with Crippen LogP contribution in [0.5, 0.6) is 0 Å². The number of nitro groups is 1. The predicted molar refractivity (Wildman–Crippen MR) is 56.7 cm³/mol. The fourth-order valence-electron chi connectivity index (χ4n) is 0.995. The molecule has 9 nitrogen and oxygen atoms in total. The molecule has 0 saturated carbocycles. The molecule has 0 saturated heterocycles. The molecule has 16 heavy (non-hydrogen) atoms. The summed E-state index contributed by atoms with van der Waals surface area (Å²) in [6, 6.07) is 0. The third kappa shape index (κ3) is 3.00. The zero-order chi connectivity index (χ0) is 12.0. The fraction of sp³-hybridized carbons (Fsp3) is 0.429. The molecule has 0 aromatic carbocycles. The molecule has 1 aromatic rings. The van der Waals surface area contributed by atoms with Crippen molar-refractivity contribution in [2.45, 2.75) is 6.42 Å².